The van der Waals surface area contributed by atoms with Crippen LogP contribution in [0, 0.1) is 5.82 Å². The van der Waals surface area contributed by atoms with Crippen LogP contribution in [0.15, 0.2) is 60.8 Å². The molecule has 3 N–H and O–H groups in total. The van der Waals surface area contributed by atoms with Gasteiger partial charge in [0.15, 0.2) is 16.7 Å². The molecule has 5 rings (SSSR count). The molecule has 1 aliphatic heterocycles. The number of amides is 3. The van der Waals surface area contributed by atoms with E-state index in [1.165, 1.54) is 42.4 Å². The van der Waals surface area contributed by atoms with Gasteiger partial charge < -0.3 is 30.1 Å². The second-order valence-corrected chi connectivity index (χ2v) is 11.2. The molecule has 0 unspecified atom stereocenters. The molecule has 1 aromatic carbocycles. The molecule has 2 heterocycles. The number of halogens is 1. The van der Waals surface area contributed by atoms with E-state index in [1.807, 2.05) is 0 Å². The molecule has 3 aliphatic rings. The number of hydrogen-bond donors (Lipinski definition) is 3. The van der Waals surface area contributed by atoms with E-state index in [0.29, 0.717) is 17.3 Å². The number of carbonyl (C=O) groups excluding carboxylic acids is 2. The van der Waals surface area contributed by atoms with E-state index < -0.39 is 5.82 Å². The van der Waals surface area contributed by atoms with Crippen LogP contribution >= 0.6 is 12.2 Å². The van der Waals surface area contributed by atoms with Crippen molar-refractivity contribution in [3.8, 4) is 22.6 Å². The third-order valence-corrected chi connectivity index (χ3v) is 7.28. The molecule has 228 valence electrons. The summed E-state index contributed by atoms with van der Waals surface area (Å²) in [5.74, 6) is -0.356. The third-order valence-electron chi connectivity index (χ3n) is 7.07. The minimum atomic E-state index is -0.630. The fourth-order valence-electron chi connectivity index (χ4n) is 4.56. The number of fused-ring (bicyclic) bond motifs is 1. The van der Waals surface area contributed by atoms with Crippen LogP contribution in [0.25, 0.3) is 11.1 Å². The Kier molecular flexibility index (Phi) is 11.0. The maximum absolute atomic E-state index is 14.6. The monoisotopic (exact) mass is 607 g/mol. The summed E-state index contributed by atoms with van der Waals surface area (Å²) in [4.78, 5) is 34.4. The van der Waals surface area contributed by atoms with Crippen molar-refractivity contribution in [2.75, 3.05) is 58.0 Å². The SMILES string of the molecule is CC(=O)NC(=S)Nc1ccc(Oc2ccnc(NC(=O)N(C)C3CCN(CCN(C)C)CC3)c2)c(F)c1.c1cc2cc-2c1. The summed E-state index contributed by atoms with van der Waals surface area (Å²) in [5, 5.41) is 7.99. The maximum atomic E-state index is 14.6. The molecular weight excluding hydrogens is 569 g/mol. The van der Waals surface area contributed by atoms with Crippen LogP contribution in [-0.4, -0.2) is 90.1 Å². The van der Waals surface area contributed by atoms with E-state index in [9.17, 15) is 14.0 Å². The maximum Gasteiger partial charge on any atom is 0.323 e. The summed E-state index contributed by atoms with van der Waals surface area (Å²) < 4.78 is 20.3. The second kappa shape index (κ2) is 14.9. The molecule has 0 bridgehead atoms. The highest BCUT2D eigenvalue weighted by atomic mass is 32.1. The van der Waals surface area contributed by atoms with Gasteiger partial charge in [-0.15, -0.1) is 0 Å². The van der Waals surface area contributed by atoms with Gasteiger partial charge in [0.2, 0.25) is 5.91 Å². The summed E-state index contributed by atoms with van der Waals surface area (Å²) >= 11 is 4.98. The number of pyridine rings is 1. The second-order valence-electron chi connectivity index (χ2n) is 10.8. The van der Waals surface area contributed by atoms with Gasteiger partial charge >= 0.3 is 6.03 Å². The number of urea groups is 1. The molecule has 2 aliphatic carbocycles. The molecule has 10 nitrogen and oxygen atoms in total. The van der Waals surface area contributed by atoms with Crippen LogP contribution < -0.4 is 20.7 Å². The van der Waals surface area contributed by atoms with Crippen molar-refractivity contribution in [1.82, 2.24) is 25.0 Å². The van der Waals surface area contributed by atoms with Gasteiger partial charge in [0.1, 0.15) is 11.6 Å². The lowest BCUT2D eigenvalue weighted by Gasteiger charge is -2.37. The molecule has 1 fully saturated rings. The van der Waals surface area contributed by atoms with E-state index in [1.54, 1.807) is 24.1 Å². The van der Waals surface area contributed by atoms with E-state index in [-0.39, 0.29) is 28.8 Å². The number of nitrogens with zero attached hydrogens (tertiary/aromatic N) is 4. The summed E-state index contributed by atoms with van der Waals surface area (Å²) in [5.41, 5.74) is 3.21. The first-order valence-corrected chi connectivity index (χ1v) is 14.5. The highest BCUT2D eigenvalue weighted by Gasteiger charge is 2.25. The van der Waals surface area contributed by atoms with E-state index in [2.05, 4.69) is 69.1 Å². The van der Waals surface area contributed by atoms with Gasteiger partial charge in [0.25, 0.3) is 0 Å². The lowest BCUT2D eigenvalue weighted by Crippen LogP contribution is -2.48. The lowest BCUT2D eigenvalue weighted by molar-refractivity contribution is -0.117. The van der Waals surface area contributed by atoms with E-state index in [0.717, 1.165) is 39.0 Å². The average Bonchev–Trinajstić information content (AvgIpc) is 3.56. The van der Waals surface area contributed by atoms with Crippen molar-refractivity contribution < 1.29 is 18.7 Å². The van der Waals surface area contributed by atoms with Gasteiger partial charge in [-0.2, -0.15) is 0 Å². The van der Waals surface area contributed by atoms with Crippen molar-refractivity contribution in [1.29, 1.82) is 0 Å². The van der Waals surface area contributed by atoms with Gasteiger partial charge in [-0.05, 0) is 74.5 Å². The van der Waals surface area contributed by atoms with Crippen molar-refractivity contribution in [3.63, 3.8) is 0 Å². The Hall–Kier alpha value is -4.13. The standard InChI is InChI=1S/C25H34FN7O3S.C6H4/c1-17(34)28-24(37)29-18-5-6-22(21(26)15-18)36-20-7-10-27-23(16-20)30-25(35)32(4)19-8-11-33(12-9-19)14-13-31(2)3;1-2-5-4-6(5)3-1/h5-7,10,15-16,19H,8-9,11-14H2,1-4H3,(H,27,30,35)(H2,28,29,34,37);1-4H. The first-order valence-electron chi connectivity index (χ1n) is 14.1. The van der Waals surface area contributed by atoms with Gasteiger partial charge in [-0.3, -0.25) is 10.1 Å². The largest absolute Gasteiger partial charge is 0.454 e. The van der Waals surface area contributed by atoms with Gasteiger partial charge in [-0.25, -0.2) is 14.2 Å². The zero-order chi connectivity index (χ0) is 30.9. The Morgan fingerprint density at radius 2 is 1.77 bits per heavy atom. The van der Waals surface area contributed by atoms with Crippen molar-refractivity contribution >= 4 is 40.8 Å². The number of ether oxygens (including phenoxy) is 1. The summed E-state index contributed by atoms with van der Waals surface area (Å²) in [7, 11) is 5.92. The minimum Gasteiger partial charge on any atom is -0.454 e. The molecule has 0 saturated carbocycles. The quantitative estimate of drug-likeness (QED) is 0.241. The van der Waals surface area contributed by atoms with Gasteiger partial charge in [0.05, 0.1) is 0 Å². The van der Waals surface area contributed by atoms with Gasteiger partial charge in [-0.1, -0.05) is 18.2 Å². The molecule has 2 aromatic rings. The van der Waals surface area contributed by atoms with E-state index in [4.69, 9.17) is 17.0 Å². The molecule has 0 radical (unpaired) electrons. The highest BCUT2D eigenvalue weighted by molar-refractivity contribution is 7.80. The smallest absolute Gasteiger partial charge is 0.323 e. The van der Waals surface area contributed by atoms with Gasteiger partial charge in [0, 0.05) is 70.2 Å². The Balaban J connectivity index is 0.000000615. The number of anilines is 2. The number of nitrogens with one attached hydrogen (secondary N) is 3. The van der Waals surface area contributed by atoms with Crippen molar-refractivity contribution in [3.05, 3.63) is 66.6 Å². The zero-order valence-corrected chi connectivity index (χ0v) is 25.7. The molecule has 1 aromatic heterocycles. The Labute approximate surface area is 257 Å². The summed E-state index contributed by atoms with van der Waals surface area (Å²) in [6, 6.07) is 15.7. The molecule has 0 spiro atoms. The Morgan fingerprint density at radius 3 is 2.35 bits per heavy atom. The van der Waals surface area contributed by atoms with E-state index >= 15 is 0 Å². The number of likely N-dealkylation sites (N-methyl/N-ethyl adjacent to an activating group) is 1. The highest BCUT2D eigenvalue weighted by Crippen LogP contribution is 2.32. The van der Waals surface area contributed by atoms with Crippen molar-refractivity contribution in [2.45, 2.75) is 25.8 Å². The van der Waals surface area contributed by atoms with Crippen LogP contribution in [0.1, 0.15) is 19.8 Å². The first kappa shape index (κ1) is 31.8. The lowest BCUT2D eigenvalue weighted by atomic mass is 10.0. The predicted molar refractivity (Wildman–Crippen MR) is 171 cm³/mol. The normalized spacial score (nSPS) is 13.8. The Morgan fingerprint density at radius 1 is 1.05 bits per heavy atom. The van der Waals surface area contributed by atoms with Crippen LogP contribution in [0.4, 0.5) is 20.7 Å². The minimum absolute atomic E-state index is 0.0161. The topological polar surface area (TPSA) is 102 Å². The number of benzene rings is 2. The number of rotatable bonds is 8. The molecule has 43 heavy (non-hydrogen) atoms. The first-order chi connectivity index (χ1) is 20.6. The zero-order valence-electron chi connectivity index (χ0n) is 24.9. The van der Waals surface area contributed by atoms with Crippen LogP contribution in [0.3, 0.4) is 0 Å². The number of hydrogen-bond acceptors (Lipinski definition) is 7. The fourth-order valence-corrected chi connectivity index (χ4v) is 4.83. The van der Waals surface area contributed by atoms with Crippen LogP contribution in [0.2, 0.25) is 0 Å². The summed E-state index contributed by atoms with van der Waals surface area (Å²) in [6.07, 6.45) is 3.30. The van der Waals surface area contributed by atoms with Crippen molar-refractivity contribution in [2.24, 2.45) is 0 Å². The number of aromatic nitrogens is 1. The summed E-state index contributed by atoms with van der Waals surface area (Å²) in [6.45, 7) is 5.28. The molecular formula is C31H38FN7O3S. The molecule has 1 saturated heterocycles. The molecule has 0 atom stereocenters. The molecule has 3 amide bonds. The Bertz CT molecular complexity index is 1430. The predicted octanol–water partition coefficient (Wildman–Crippen LogP) is 5.00. The average molecular weight is 608 g/mol. The third kappa shape index (κ3) is 9.98. The van der Waals surface area contributed by atoms with Crippen LogP contribution in [0.5, 0.6) is 11.5 Å². The number of likely N-dealkylation sites (tertiary alicyclic amines) is 1. The van der Waals surface area contributed by atoms with Crippen LogP contribution in [-0.2, 0) is 4.79 Å². The number of piperidine rings is 1. The number of carbonyl (C=O) groups is 2. The molecule has 12 heteroatoms. The number of thiocarbonyl (C=S) groups is 1. The fraction of sp³-hybridized carbons (Fsp3) is 0.355.